The Labute approximate surface area is 127 Å². The van der Waals surface area contributed by atoms with Crippen molar-refractivity contribution in [3.63, 3.8) is 0 Å². The van der Waals surface area contributed by atoms with Crippen molar-refractivity contribution in [1.29, 1.82) is 0 Å². The van der Waals surface area contributed by atoms with Crippen LogP contribution in [0.5, 0.6) is 0 Å². The van der Waals surface area contributed by atoms with E-state index in [2.05, 4.69) is 36.0 Å². The van der Waals surface area contributed by atoms with Gasteiger partial charge < -0.3 is 19.7 Å². The average Bonchev–Trinajstić information content (AvgIpc) is 3.04. The Bertz CT molecular complexity index is 478. The van der Waals surface area contributed by atoms with Crippen LogP contribution in [0.2, 0.25) is 0 Å². The van der Waals surface area contributed by atoms with Crippen LogP contribution >= 0.6 is 0 Å². The highest BCUT2D eigenvalue weighted by Crippen LogP contribution is 2.29. The van der Waals surface area contributed by atoms with Gasteiger partial charge in [0.1, 0.15) is 11.4 Å². The summed E-state index contributed by atoms with van der Waals surface area (Å²) in [5, 5.41) is 13.8. The average molecular weight is 293 g/mol. The Morgan fingerprint density at radius 1 is 1.57 bits per heavy atom. The molecule has 0 aromatic carbocycles. The molecule has 2 N–H and O–H groups in total. The molecule has 1 aliphatic rings. The second kappa shape index (κ2) is 6.10. The fourth-order valence-corrected chi connectivity index (χ4v) is 2.61. The van der Waals surface area contributed by atoms with Gasteiger partial charge in [0.2, 0.25) is 0 Å². The van der Waals surface area contributed by atoms with Gasteiger partial charge in [-0.15, -0.1) is 0 Å². The van der Waals surface area contributed by atoms with Gasteiger partial charge >= 0.3 is 0 Å². The summed E-state index contributed by atoms with van der Waals surface area (Å²) in [5.74, 6) is 1.42. The summed E-state index contributed by atoms with van der Waals surface area (Å²) in [4.78, 5) is 6.88. The topological polar surface area (TPSA) is 61.0 Å². The number of rotatable bonds is 4. The number of guanidine groups is 1. The van der Waals surface area contributed by atoms with Crippen LogP contribution in [0.4, 0.5) is 0 Å². The summed E-state index contributed by atoms with van der Waals surface area (Å²) in [6.45, 7) is 11.4. The zero-order valence-corrected chi connectivity index (χ0v) is 13.5. The third-order valence-electron chi connectivity index (χ3n) is 3.90. The molecule has 1 fully saturated rings. The molecule has 0 spiro atoms. The maximum Gasteiger partial charge on any atom is 0.194 e. The molecular formula is C16H27N3O2. The van der Waals surface area contributed by atoms with Crippen LogP contribution in [-0.2, 0) is 5.60 Å². The molecule has 0 amide bonds. The van der Waals surface area contributed by atoms with Crippen molar-refractivity contribution in [3.8, 4) is 0 Å². The zero-order valence-electron chi connectivity index (χ0n) is 13.5. The molecule has 118 valence electrons. The van der Waals surface area contributed by atoms with E-state index in [4.69, 9.17) is 4.42 Å². The number of aliphatic hydroxyl groups is 1. The fourth-order valence-electron chi connectivity index (χ4n) is 2.61. The highest BCUT2D eigenvalue weighted by molar-refractivity contribution is 5.80. The molecule has 0 radical (unpaired) electrons. The predicted molar refractivity (Wildman–Crippen MR) is 84.2 cm³/mol. The van der Waals surface area contributed by atoms with Crippen LogP contribution in [0.1, 0.15) is 39.9 Å². The largest absolute Gasteiger partial charge is 0.466 e. The van der Waals surface area contributed by atoms with Crippen LogP contribution in [0.25, 0.3) is 0 Å². The normalized spacial score (nSPS) is 21.4. The lowest BCUT2D eigenvalue weighted by Gasteiger charge is -2.25. The summed E-state index contributed by atoms with van der Waals surface area (Å²) in [5.41, 5.74) is -0.765. The second-order valence-corrected chi connectivity index (χ2v) is 6.76. The van der Waals surface area contributed by atoms with E-state index in [-0.39, 0.29) is 6.54 Å². The molecular weight excluding hydrogens is 266 g/mol. The SMILES string of the molecule is CCNC(=NCC(C)(O)c1ccco1)N1CCC(C)(C)C1. The number of nitrogens with one attached hydrogen (secondary N) is 1. The first-order valence-electron chi connectivity index (χ1n) is 7.64. The first-order valence-corrected chi connectivity index (χ1v) is 7.64. The Morgan fingerprint density at radius 3 is 2.86 bits per heavy atom. The Morgan fingerprint density at radius 2 is 2.33 bits per heavy atom. The molecule has 1 unspecified atom stereocenters. The summed E-state index contributed by atoms with van der Waals surface area (Å²) in [6, 6.07) is 3.56. The summed E-state index contributed by atoms with van der Waals surface area (Å²) < 4.78 is 5.30. The Balaban J connectivity index is 2.08. The van der Waals surface area contributed by atoms with Crippen molar-refractivity contribution in [1.82, 2.24) is 10.2 Å². The van der Waals surface area contributed by atoms with Crippen molar-refractivity contribution >= 4 is 5.96 Å². The van der Waals surface area contributed by atoms with Crippen LogP contribution in [-0.4, -0.2) is 42.1 Å². The standard InChI is InChI=1S/C16H27N3O2/c1-5-17-14(19-9-8-15(2,3)12-19)18-11-16(4,20)13-7-6-10-21-13/h6-7,10,20H,5,8-9,11-12H2,1-4H3,(H,17,18). The number of hydrogen-bond donors (Lipinski definition) is 2. The molecule has 1 saturated heterocycles. The highest BCUT2D eigenvalue weighted by Gasteiger charge is 2.32. The van der Waals surface area contributed by atoms with Gasteiger partial charge in [-0.2, -0.15) is 0 Å². The summed E-state index contributed by atoms with van der Waals surface area (Å²) in [7, 11) is 0. The first kappa shape index (κ1) is 15.9. The van der Waals surface area contributed by atoms with Crippen LogP contribution < -0.4 is 5.32 Å². The van der Waals surface area contributed by atoms with E-state index in [1.54, 1.807) is 25.3 Å². The predicted octanol–water partition coefficient (Wildman–Crippen LogP) is 2.18. The summed E-state index contributed by atoms with van der Waals surface area (Å²) in [6.07, 6.45) is 2.73. The lowest BCUT2D eigenvalue weighted by Crippen LogP contribution is -2.41. The van der Waals surface area contributed by atoms with Gasteiger partial charge in [0.15, 0.2) is 5.96 Å². The maximum absolute atomic E-state index is 10.5. The second-order valence-electron chi connectivity index (χ2n) is 6.76. The van der Waals surface area contributed by atoms with E-state index < -0.39 is 5.60 Å². The lowest BCUT2D eigenvalue weighted by atomic mass is 9.93. The van der Waals surface area contributed by atoms with Crippen LogP contribution in [0.15, 0.2) is 27.8 Å². The molecule has 21 heavy (non-hydrogen) atoms. The van der Waals surface area contributed by atoms with Crippen LogP contribution in [0.3, 0.4) is 0 Å². The number of hydrogen-bond acceptors (Lipinski definition) is 3. The monoisotopic (exact) mass is 293 g/mol. The molecule has 1 aromatic heterocycles. The van der Waals surface area contributed by atoms with Gasteiger partial charge in [0, 0.05) is 19.6 Å². The minimum atomic E-state index is -1.08. The summed E-state index contributed by atoms with van der Waals surface area (Å²) >= 11 is 0. The third kappa shape index (κ3) is 4.00. The lowest BCUT2D eigenvalue weighted by molar-refractivity contribution is 0.0435. The number of nitrogens with zero attached hydrogens (tertiary/aromatic N) is 2. The highest BCUT2D eigenvalue weighted by atomic mass is 16.4. The molecule has 5 nitrogen and oxygen atoms in total. The molecule has 1 atom stereocenters. The Kier molecular flexibility index (Phi) is 4.61. The number of likely N-dealkylation sites (tertiary alicyclic amines) is 1. The van der Waals surface area contributed by atoms with Crippen LogP contribution in [0, 0.1) is 5.41 Å². The van der Waals surface area contributed by atoms with Gasteiger partial charge in [-0.1, -0.05) is 13.8 Å². The van der Waals surface area contributed by atoms with Crippen molar-refractivity contribution in [2.45, 2.75) is 39.7 Å². The van der Waals surface area contributed by atoms with E-state index in [1.165, 1.54) is 0 Å². The minimum absolute atomic E-state index is 0.278. The molecule has 0 saturated carbocycles. The molecule has 5 heteroatoms. The Hall–Kier alpha value is -1.49. The van der Waals surface area contributed by atoms with E-state index in [0.717, 1.165) is 32.0 Å². The molecule has 1 aromatic rings. The van der Waals surface area contributed by atoms with Gasteiger partial charge in [0.05, 0.1) is 12.8 Å². The van der Waals surface area contributed by atoms with E-state index in [9.17, 15) is 5.11 Å². The number of aliphatic imine (C=N–C) groups is 1. The van der Waals surface area contributed by atoms with E-state index in [0.29, 0.717) is 11.2 Å². The first-order chi connectivity index (χ1) is 9.84. The molecule has 0 aliphatic carbocycles. The van der Waals surface area contributed by atoms with Crippen molar-refractivity contribution in [2.75, 3.05) is 26.2 Å². The maximum atomic E-state index is 10.5. The van der Waals surface area contributed by atoms with Crippen molar-refractivity contribution < 1.29 is 9.52 Å². The fraction of sp³-hybridized carbons (Fsp3) is 0.688. The smallest absolute Gasteiger partial charge is 0.194 e. The van der Waals surface area contributed by atoms with Crippen molar-refractivity contribution in [3.05, 3.63) is 24.2 Å². The quantitative estimate of drug-likeness (QED) is 0.660. The zero-order chi connectivity index (χ0) is 15.5. The molecule has 2 rings (SSSR count). The van der Waals surface area contributed by atoms with E-state index >= 15 is 0 Å². The molecule has 0 bridgehead atoms. The molecule has 2 heterocycles. The van der Waals surface area contributed by atoms with Gasteiger partial charge in [-0.3, -0.25) is 0 Å². The van der Waals surface area contributed by atoms with Crippen molar-refractivity contribution in [2.24, 2.45) is 10.4 Å². The molecule has 1 aliphatic heterocycles. The third-order valence-corrected chi connectivity index (χ3v) is 3.90. The van der Waals surface area contributed by atoms with Gasteiger partial charge in [0.25, 0.3) is 0 Å². The van der Waals surface area contributed by atoms with Gasteiger partial charge in [-0.05, 0) is 37.8 Å². The minimum Gasteiger partial charge on any atom is -0.466 e. The number of furan rings is 1. The van der Waals surface area contributed by atoms with Gasteiger partial charge in [-0.25, -0.2) is 4.99 Å². The van der Waals surface area contributed by atoms with E-state index in [1.807, 2.05) is 0 Å².